The average molecular weight is 369 g/mol. The number of rotatable bonds is 5. The number of carbonyl (C=O) groups excluding carboxylic acids is 3. The van der Waals surface area contributed by atoms with E-state index in [4.69, 9.17) is 5.73 Å². The lowest BCUT2D eigenvalue weighted by Gasteiger charge is -2.20. The van der Waals surface area contributed by atoms with E-state index in [1.807, 2.05) is 31.2 Å². The highest BCUT2D eigenvalue weighted by atomic mass is 19.1. The van der Waals surface area contributed by atoms with Crippen LogP contribution in [0.15, 0.2) is 42.5 Å². The second-order valence-electron chi connectivity index (χ2n) is 6.44. The summed E-state index contributed by atoms with van der Waals surface area (Å²) in [5.41, 5.74) is 6.96. The lowest BCUT2D eigenvalue weighted by molar-refractivity contribution is -0.122. The van der Waals surface area contributed by atoms with E-state index >= 15 is 0 Å². The zero-order chi connectivity index (χ0) is 19.6. The maximum atomic E-state index is 14.0. The standard InChI is InChI=1S/C20H20FN3O3/c1-2-12-5-3-4-6-17(12)24-11-14(10-18(24)25)20(27)23-16-9-13(19(22)26)7-8-15(16)21/h3-9,14H,2,10-11H2,1H3,(H2,22,26)(H,23,27). The highest BCUT2D eigenvalue weighted by molar-refractivity contribution is 6.04. The molecule has 1 aliphatic rings. The van der Waals surface area contributed by atoms with Gasteiger partial charge in [0.15, 0.2) is 0 Å². The number of nitrogens with zero attached hydrogens (tertiary/aromatic N) is 1. The van der Waals surface area contributed by atoms with Crippen molar-refractivity contribution in [2.45, 2.75) is 19.8 Å². The first kappa shape index (κ1) is 18.6. The summed E-state index contributed by atoms with van der Waals surface area (Å²) in [6.07, 6.45) is 0.808. The topological polar surface area (TPSA) is 92.5 Å². The lowest BCUT2D eigenvalue weighted by Crippen LogP contribution is -2.29. The smallest absolute Gasteiger partial charge is 0.248 e. The van der Waals surface area contributed by atoms with Gasteiger partial charge < -0.3 is 16.0 Å². The van der Waals surface area contributed by atoms with Crippen molar-refractivity contribution in [3.8, 4) is 0 Å². The first-order chi connectivity index (χ1) is 12.9. The number of anilines is 2. The van der Waals surface area contributed by atoms with Gasteiger partial charge >= 0.3 is 0 Å². The predicted octanol–water partition coefficient (Wildman–Crippen LogP) is 2.48. The van der Waals surface area contributed by atoms with Crippen molar-refractivity contribution in [2.24, 2.45) is 11.7 Å². The Labute approximate surface area is 156 Å². The molecule has 1 atom stereocenters. The summed E-state index contributed by atoms with van der Waals surface area (Å²) in [6.45, 7) is 2.22. The van der Waals surface area contributed by atoms with Crippen LogP contribution in [-0.4, -0.2) is 24.3 Å². The van der Waals surface area contributed by atoms with Crippen LogP contribution < -0.4 is 16.0 Å². The fraction of sp³-hybridized carbons (Fsp3) is 0.250. The second-order valence-corrected chi connectivity index (χ2v) is 6.44. The van der Waals surface area contributed by atoms with Crippen molar-refractivity contribution >= 4 is 29.1 Å². The first-order valence-corrected chi connectivity index (χ1v) is 8.69. The molecule has 1 saturated heterocycles. The van der Waals surface area contributed by atoms with Crippen molar-refractivity contribution in [1.29, 1.82) is 0 Å². The number of nitrogens with two attached hydrogens (primary N) is 1. The number of halogens is 1. The highest BCUT2D eigenvalue weighted by Gasteiger charge is 2.36. The number of primary amides is 1. The molecule has 1 heterocycles. The molecule has 6 nitrogen and oxygen atoms in total. The van der Waals surface area contributed by atoms with Crippen LogP contribution in [0.2, 0.25) is 0 Å². The summed E-state index contributed by atoms with van der Waals surface area (Å²) in [5, 5.41) is 2.47. The summed E-state index contributed by atoms with van der Waals surface area (Å²) < 4.78 is 14.0. The Morgan fingerprint density at radius 3 is 2.70 bits per heavy atom. The van der Waals surface area contributed by atoms with E-state index in [1.165, 1.54) is 12.1 Å². The quantitative estimate of drug-likeness (QED) is 0.848. The minimum atomic E-state index is -0.719. The van der Waals surface area contributed by atoms with Gasteiger partial charge in [0.25, 0.3) is 0 Å². The monoisotopic (exact) mass is 369 g/mol. The molecule has 0 aliphatic carbocycles. The Morgan fingerprint density at radius 2 is 2.00 bits per heavy atom. The molecule has 3 amide bonds. The van der Waals surface area contributed by atoms with E-state index in [0.717, 1.165) is 23.7 Å². The Bertz CT molecular complexity index is 913. The molecular weight excluding hydrogens is 349 g/mol. The van der Waals surface area contributed by atoms with Crippen molar-refractivity contribution < 1.29 is 18.8 Å². The van der Waals surface area contributed by atoms with Gasteiger partial charge in [-0.3, -0.25) is 14.4 Å². The third kappa shape index (κ3) is 3.81. The van der Waals surface area contributed by atoms with E-state index in [0.29, 0.717) is 0 Å². The summed E-state index contributed by atoms with van der Waals surface area (Å²) in [5.74, 6) is -2.63. The third-order valence-electron chi connectivity index (χ3n) is 4.67. The summed E-state index contributed by atoms with van der Waals surface area (Å²) >= 11 is 0. The van der Waals surface area contributed by atoms with Crippen molar-refractivity contribution in [3.05, 3.63) is 59.4 Å². The van der Waals surface area contributed by atoms with Gasteiger partial charge in [-0.2, -0.15) is 0 Å². The van der Waals surface area contributed by atoms with E-state index in [9.17, 15) is 18.8 Å². The van der Waals surface area contributed by atoms with Crippen LogP contribution in [0.3, 0.4) is 0 Å². The molecule has 0 saturated carbocycles. The zero-order valence-electron chi connectivity index (χ0n) is 14.9. The van der Waals surface area contributed by atoms with Crippen LogP contribution in [0.25, 0.3) is 0 Å². The summed E-state index contributed by atoms with van der Waals surface area (Å²) in [6, 6.07) is 11.1. The summed E-state index contributed by atoms with van der Waals surface area (Å²) in [4.78, 5) is 37.8. The van der Waals surface area contributed by atoms with Gasteiger partial charge in [0.1, 0.15) is 5.82 Å². The molecule has 2 aromatic rings. The lowest BCUT2D eigenvalue weighted by atomic mass is 10.1. The van der Waals surface area contributed by atoms with Crippen LogP contribution in [0.5, 0.6) is 0 Å². The number of amides is 3. The van der Waals surface area contributed by atoms with Gasteiger partial charge in [-0.05, 0) is 36.2 Å². The number of aryl methyl sites for hydroxylation is 1. The van der Waals surface area contributed by atoms with E-state index in [1.54, 1.807) is 4.90 Å². The fourth-order valence-corrected chi connectivity index (χ4v) is 3.20. The summed E-state index contributed by atoms with van der Waals surface area (Å²) in [7, 11) is 0. The molecule has 27 heavy (non-hydrogen) atoms. The van der Waals surface area contributed by atoms with Gasteiger partial charge in [-0.1, -0.05) is 25.1 Å². The van der Waals surface area contributed by atoms with Gasteiger partial charge in [0.2, 0.25) is 17.7 Å². The third-order valence-corrected chi connectivity index (χ3v) is 4.67. The molecule has 3 rings (SSSR count). The largest absolute Gasteiger partial charge is 0.366 e. The molecule has 0 radical (unpaired) electrons. The maximum absolute atomic E-state index is 14.0. The van der Waals surface area contributed by atoms with Crippen molar-refractivity contribution in [3.63, 3.8) is 0 Å². The Morgan fingerprint density at radius 1 is 1.26 bits per heavy atom. The van der Waals surface area contributed by atoms with Crippen LogP contribution in [0, 0.1) is 11.7 Å². The minimum absolute atomic E-state index is 0.0427. The van der Waals surface area contributed by atoms with E-state index in [2.05, 4.69) is 5.32 Å². The highest BCUT2D eigenvalue weighted by Crippen LogP contribution is 2.29. The molecule has 0 aromatic heterocycles. The van der Waals surface area contributed by atoms with Gasteiger partial charge in [0.05, 0.1) is 11.6 Å². The zero-order valence-corrected chi connectivity index (χ0v) is 14.9. The van der Waals surface area contributed by atoms with Gasteiger partial charge in [-0.15, -0.1) is 0 Å². The second kappa shape index (κ2) is 7.57. The Kier molecular flexibility index (Phi) is 5.21. The van der Waals surface area contributed by atoms with Crippen LogP contribution >= 0.6 is 0 Å². The van der Waals surface area contributed by atoms with Gasteiger partial charge in [-0.25, -0.2) is 4.39 Å². The van der Waals surface area contributed by atoms with E-state index in [-0.39, 0.29) is 30.1 Å². The Balaban J connectivity index is 1.77. The number of nitrogens with one attached hydrogen (secondary N) is 1. The Hall–Kier alpha value is -3.22. The average Bonchev–Trinajstić information content (AvgIpc) is 3.05. The molecule has 3 N–H and O–H groups in total. The molecular formula is C20H20FN3O3. The van der Waals surface area contributed by atoms with Crippen molar-refractivity contribution in [2.75, 3.05) is 16.8 Å². The molecule has 7 heteroatoms. The van der Waals surface area contributed by atoms with E-state index < -0.39 is 23.5 Å². The molecule has 1 aliphatic heterocycles. The molecule has 1 unspecified atom stereocenters. The molecule has 140 valence electrons. The number of para-hydroxylation sites is 1. The molecule has 1 fully saturated rings. The number of hydrogen-bond acceptors (Lipinski definition) is 3. The van der Waals surface area contributed by atoms with Crippen molar-refractivity contribution in [1.82, 2.24) is 0 Å². The van der Waals surface area contributed by atoms with Crippen LogP contribution in [0.4, 0.5) is 15.8 Å². The van der Waals surface area contributed by atoms with Gasteiger partial charge in [0, 0.05) is 24.2 Å². The number of carbonyl (C=O) groups is 3. The van der Waals surface area contributed by atoms with Crippen LogP contribution in [-0.2, 0) is 16.0 Å². The maximum Gasteiger partial charge on any atom is 0.248 e. The minimum Gasteiger partial charge on any atom is -0.366 e. The number of benzene rings is 2. The predicted molar refractivity (Wildman–Crippen MR) is 99.8 cm³/mol. The SMILES string of the molecule is CCc1ccccc1N1CC(C(=O)Nc2cc(C(N)=O)ccc2F)CC1=O. The number of hydrogen-bond donors (Lipinski definition) is 2. The van der Waals surface area contributed by atoms with Crippen LogP contribution in [0.1, 0.15) is 29.3 Å². The first-order valence-electron chi connectivity index (χ1n) is 8.69. The molecule has 0 spiro atoms. The molecule has 2 aromatic carbocycles. The fourth-order valence-electron chi connectivity index (χ4n) is 3.20. The molecule has 0 bridgehead atoms. The normalized spacial score (nSPS) is 16.4.